The van der Waals surface area contributed by atoms with Crippen molar-refractivity contribution in [1.82, 2.24) is 14.8 Å². The minimum absolute atomic E-state index is 0.695. The maximum atomic E-state index is 4.76. The molecular formula is C21H17N5. The van der Waals surface area contributed by atoms with Gasteiger partial charge in [0.05, 0.1) is 11.9 Å². The molecular weight excluding hydrogens is 322 g/mol. The first-order valence-corrected chi connectivity index (χ1v) is 8.31. The average Bonchev–Trinajstić information content (AvgIpc) is 3.14. The average molecular weight is 339 g/mol. The molecule has 0 aliphatic carbocycles. The van der Waals surface area contributed by atoms with Gasteiger partial charge in [-0.3, -0.25) is 5.43 Å². The Balaban J connectivity index is 1.69. The van der Waals surface area contributed by atoms with E-state index < -0.39 is 0 Å². The molecule has 0 saturated heterocycles. The summed E-state index contributed by atoms with van der Waals surface area (Å²) < 4.78 is 1.87. The lowest BCUT2D eigenvalue weighted by molar-refractivity contribution is 0.884. The normalized spacial score (nSPS) is 10.9. The lowest BCUT2D eigenvalue weighted by Crippen LogP contribution is -1.93. The van der Waals surface area contributed by atoms with Crippen molar-refractivity contribution in [3.05, 3.63) is 96.8 Å². The number of benzene rings is 2. The largest absolute Gasteiger partial charge is 0.261 e. The fourth-order valence-electron chi connectivity index (χ4n) is 2.61. The summed E-state index contributed by atoms with van der Waals surface area (Å²) in [5.41, 5.74) is 6.78. The first-order chi connectivity index (χ1) is 12.9. The standard InChI is InChI=1S/C21H17N5/c1-3-9-17(10-4-1)21-18(15-23-24-20-13-7-8-14-22-20)16-26(25-21)19-11-5-2-6-12-19/h1-16H,(H,22,24)/b23-15-. The van der Waals surface area contributed by atoms with Gasteiger partial charge in [-0.2, -0.15) is 10.2 Å². The van der Waals surface area contributed by atoms with E-state index in [2.05, 4.69) is 15.5 Å². The predicted molar refractivity (Wildman–Crippen MR) is 104 cm³/mol. The number of rotatable bonds is 5. The van der Waals surface area contributed by atoms with Crippen molar-refractivity contribution in [2.45, 2.75) is 0 Å². The Kier molecular flexibility index (Phi) is 4.52. The van der Waals surface area contributed by atoms with Gasteiger partial charge in [-0.15, -0.1) is 0 Å². The quantitative estimate of drug-likeness (QED) is 0.434. The molecule has 0 aliphatic heterocycles. The Morgan fingerprint density at radius 1 is 0.846 bits per heavy atom. The lowest BCUT2D eigenvalue weighted by Gasteiger charge is -2.00. The maximum Gasteiger partial charge on any atom is 0.146 e. The zero-order valence-corrected chi connectivity index (χ0v) is 14.0. The fourth-order valence-corrected chi connectivity index (χ4v) is 2.61. The Morgan fingerprint density at radius 2 is 1.58 bits per heavy atom. The first-order valence-electron chi connectivity index (χ1n) is 8.31. The Hall–Kier alpha value is -3.73. The zero-order valence-electron chi connectivity index (χ0n) is 14.0. The molecule has 26 heavy (non-hydrogen) atoms. The molecule has 0 aliphatic rings. The van der Waals surface area contributed by atoms with Crippen molar-refractivity contribution >= 4 is 12.0 Å². The summed E-state index contributed by atoms with van der Waals surface area (Å²) in [5, 5.41) is 9.07. The minimum Gasteiger partial charge on any atom is -0.261 e. The summed E-state index contributed by atoms with van der Waals surface area (Å²) in [6, 6.07) is 25.8. The molecule has 5 heteroatoms. The third-order valence-electron chi connectivity index (χ3n) is 3.86. The van der Waals surface area contributed by atoms with Gasteiger partial charge >= 0.3 is 0 Å². The number of aromatic nitrogens is 3. The molecule has 0 unspecified atom stereocenters. The van der Waals surface area contributed by atoms with E-state index in [4.69, 9.17) is 5.10 Å². The first kappa shape index (κ1) is 15.8. The van der Waals surface area contributed by atoms with Gasteiger partial charge in [0.2, 0.25) is 0 Å². The van der Waals surface area contributed by atoms with Crippen LogP contribution in [0.5, 0.6) is 0 Å². The molecule has 0 saturated carbocycles. The van der Waals surface area contributed by atoms with Gasteiger partial charge in [-0.1, -0.05) is 54.6 Å². The second kappa shape index (κ2) is 7.44. The molecule has 2 aromatic carbocycles. The number of para-hydroxylation sites is 1. The molecule has 0 fully saturated rings. The van der Waals surface area contributed by atoms with Crippen LogP contribution >= 0.6 is 0 Å². The molecule has 126 valence electrons. The van der Waals surface area contributed by atoms with E-state index in [9.17, 15) is 0 Å². The lowest BCUT2D eigenvalue weighted by atomic mass is 10.1. The van der Waals surface area contributed by atoms with E-state index in [1.54, 1.807) is 12.4 Å². The van der Waals surface area contributed by atoms with Crippen LogP contribution in [0.25, 0.3) is 16.9 Å². The molecule has 0 amide bonds. The van der Waals surface area contributed by atoms with Crippen LogP contribution in [0.3, 0.4) is 0 Å². The van der Waals surface area contributed by atoms with Gasteiger partial charge in [0.15, 0.2) is 0 Å². The van der Waals surface area contributed by atoms with Crippen LogP contribution in [-0.2, 0) is 0 Å². The van der Waals surface area contributed by atoms with E-state index in [-0.39, 0.29) is 0 Å². The van der Waals surface area contributed by atoms with Crippen molar-refractivity contribution in [2.75, 3.05) is 5.43 Å². The van der Waals surface area contributed by atoms with Crippen molar-refractivity contribution in [3.63, 3.8) is 0 Å². The van der Waals surface area contributed by atoms with Gasteiger partial charge < -0.3 is 0 Å². The van der Waals surface area contributed by atoms with E-state index in [1.165, 1.54) is 0 Å². The summed E-state index contributed by atoms with van der Waals surface area (Å²) >= 11 is 0. The van der Waals surface area contributed by atoms with Gasteiger partial charge in [-0.05, 0) is 24.3 Å². The summed E-state index contributed by atoms with van der Waals surface area (Å²) in [7, 11) is 0. The summed E-state index contributed by atoms with van der Waals surface area (Å²) in [4.78, 5) is 4.20. The van der Waals surface area contributed by atoms with Crippen LogP contribution in [0.4, 0.5) is 5.82 Å². The van der Waals surface area contributed by atoms with Crippen LogP contribution in [0.1, 0.15) is 5.56 Å². The van der Waals surface area contributed by atoms with Crippen LogP contribution in [-0.4, -0.2) is 21.0 Å². The van der Waals surface area contributed by atoms with Crippen molar-refractivity contribution in [2.24, 2.45) is 5.10 Å². The Labute approximate surface area is 151 Å². The smallest absolute Gasteiger partial charge is 0.146 e. The van der Waals surface area contributed by atoms with Crippen LogP contribution in [0.15, 0.2) is 96.4 Å². The van der Waals surface area contributed by atoms with Crippen molar-refractivity contribution in [3.8, 4) is 16.9 Å². The molecule has 2 aromatic heterocycles. The van der Waals surface area contributed by atoms with Gasteiger partial charge in [0.1, 0.15) is 11.5 Å². The molecule has 0 bridgehead atoms. The molecule has 0 spiro atoms. The molecule has 4 rings (SSSR count). The van der Waals surface area contributed by atoms with Crippen molar-refractivity contribution in [1.29, 1.82) is 0 Å². The SMILES string of the molecule is C(=N/Nc1ccccn1)/c1cn(-c2ccccc2)nc1-c1ccccc1. The Bertz CT molecular complexity index is 993. The highest BCUT2D eigenvalue weighted by Crippen LogP contribution is 2.22. The molecule has 2 heterocycles. The van der Waals surface area contributed by atoms with E-state index >= 15 is 0 Å². The molecule has 0 radical (unpaired) electrons. The number of hydrogen-bond donors (Lipinski definition) is 1. The summed E-state index contributed by atoms with van der Waals surface area (Å²) in [5.74, 6) is 0.695. The fraction of sp³-hybridized carbons (Fsp3) is 0. The number of pyridine rings is 1. The van der Waals surface area contributed by atoms with Crippen molar-refractivity contribution < 1.29 is 0 Å². The van der Waals surface area contributed by atoms with Crippen LogP contribution < -0.4 is 5.43 Å². The van der Waals surface area contributed by atoms with Crippen LogP contribution in [0.2, 0.25) is 0 Å². The minimum atomic E-state index is 0.695. The summed E-state index contributed by atoms with van der Waals surface area (Å²) in [6.45, 7) is 0. The Morgan fingerprint density at radius 3 is 2.31 bits per heavy atom. The second-order valence-corrected chi connectivity index (χ2v) is 5.66. The monoisotopic (exact) mass is 339 g/mol. The predicted octanol–water partition coefficient (Wildman–Crippen LogP) is 4.38. The van der Waals surface area contributed by atoms with Gasteiger partial charge in [0, 0.05) is 23.5 Å². The molecule has 1 N–H and O–H groups in total. The number of anilines is 1. The second-order valence-electron chi connectivity index (χ2n) is 5.66. The number of hydrogen-bond acceptors (Lipinski definition) is 4. The highest BCUT2D eigenvalue weighted by atomic mass is 15.3. The topological polar surface area (TPSA) is 55.1 Å². The van der Waals surface area contributed by atoms with Gasteiger partial charge in [-0.25, -0.2) is 9.67 Å². The van der Waals surface area contributed by atoms with E-state index in [0.29, 0.717) is 5.82 Å². The molecule has 5 nitrogen and oxygen atoms in total. The molecule has 0 atom stereocenters. The highest BCUT2D eigenvalue weighted by molar-refractivity contribution is 5.89. The number of hydrazone groups is 1. The number of nitrogens with one attached hydrogen (secondary N) is 1. The van der Waals surface area contributed by atoms with Crippen LogP contribution in [0, 0.1) is 0 Å². The zero-order chi connectivity index (χ0) is 17.6. The van der Waals surface area contributed by atoms with Gasteiger partial charge in [0.25, 0.3) is 0 Å². The third kappa shape index (κ3) is 3.52. The molecule has 4 aromatic rings. The summed E-state index contributed by atoms with van der Waals surface area (Å²) in [6.07, 6.45) is 5.46. The number of nitrogens with zero attached hydrogens (tertiary/aromatic N) is 4. The maximum absolute atomic E-state index is 4.76. The third-order valence-corrected chi connectivity index (χ3v) is 3.86. The van der Waals surface area contributed by atoms with E-state index in [0.717, 1.165) is 22.5 Å². The van der Waals surface area contributed by atoms with E-state index in [1.807, 2.05) is 89.7 Å². The highest BCUT2D eigenvalue weighted by Gasteiger charge is 2.10.